The summed E-state index contributed by atoms with van der Waals surface area (Å²) < 4.78 is 0. The Bertz CT molecular complexity index is 840. The number of aromatic nitrogens is 1. The second kappa shape index (κ2) is 11.6. The number of halogens is 1. The molecule has 2 fully saturated rings. The van der Waals surface area contributed by atoms with Crippen LogP contribution in [-0.2, 0) is 16.0 Å². The fourth-order valence-electron chi connectivity index (χ4n) is 5.07. The predicted octanol–water partition coefficient (Wildman–Crippen LogP) is 3.14. The highest BCUT2D eigenvalue weighted by Crippen LogP contribution is 2.52. The van der Waals surface area contributed by atoms with Gasteiger partial charge in [-0.3, -0.25) is 19.5 Å². The minimum atomic E-state index is -0.0988. The van der Waals surface area contributed by atoms with Crippen molar-refractivity contribution in [3.8, 4) is 0 Å². The number of amides is 2. The van der Waals surface area contributed by atoms with Crippen LogP contribution in [0.3, 0.4) is 0 Å². The summed E-state index contributed by atoms with van der Waals surface area (Å²) in [5, 5.41) is 9.95. The van der Waals surface area contributed by atoms with Crippen molar-refractivity contribution in [3.63, 3.8) is 0 Å². The molecule has 4 unspecified atom stereocenters. The standard InChI is InChI=1S/C23H33N5O2S.HI/c1-3-24-23(25-10-5-4-7-18-27-15(2)14-31-18)26-11-6-12-28-21(29)19-16-8-9-17(13-16)20(19)22(28)30;/h8-9,14,16-17,19-20H,3-7,10-13H2,1-2H3,(H2,24,25,26);1H. The second-order valence-corrected chi connectivity index (χ2v) is 9.65. The average molecular weight is 572 g/mol. The van der Waals surface area contributed by atoms with Crippen molar-refractivity contribution in [1.29, 1.82) is 0 Å². The molecule has 0 aromatic carbocycles. The lowest BCUT2D eigenvalue weighted by atomic mass is 9.85. The summed E-state index contributed by atoms with van der Waals surface area (Å²) in [6, 6.07) is 0. The van der Waals surface area contributed by atoms with Crippen molar-refractivity contribution in [1.82, 2.24) is 20.5 Å². The molecule has 1 saturated carbocycles. The third-order valence-electron chi connectivity index (χ3n) is 6.49. The molecule has 0 radical (unpaired) electrons. The van der Waals surface area contributed by atoms with Crippen molar-refractivity contribution < 1.29 is 9.59 Å². The number of unbranched alkanes of at least 4 members (excludes halogenated alkanes) is 1. The highest BCUT2D eigenvalue weighted by atomic mass is 127. The van der Waals surface area contributed by atoms with Gasteiger partial charge in [0.2, 0.25) is 11.8 Å². The number of aryl methyl sites for hydroxylation is 2. The van der Waals surface area contributed by atoms with Gasteiger partial charge < -0.3 is 10.6 Å². The van der Waals surface area contributed by atoms with E-state index in [9.17, 15) is 9.59 Å². The third-order valence-corrected chi connectivity index (χ3v) is 7.52. The van der Waals surface area contributed by atoms with Gasteiger partial charge in [0.25, 0.3) is 0 Å². The van der Waals surface area contributed by atoms with Crippen LogP contribution in [-0.4, -0.2) is 53.8 Å². The first-order chi connectivity index (χ1) is 15.1. The van der Waals surface area contributed by atoms with Gasteiger partial charge in [0.05, 0.1) is 16.8 Å². The van der Waals surface area contributed by atoms with Gasteiger partial charge in [-0.1, -0.05) is 12.2 Å². The molecule has 2 amide bonds. The van der Waals surface area contributed by atoms with Crippen molar-refractivity contribution in [2.45, 2.75) is 46.0 Å². The maximum absolute atomic E-state index is 12.7. The summed E-state index contributed by atoms with van der Waals surface area (Å²) in [7, 11) is 0. The van der Waals surface area contributed by atoms with Gasteiger partial charge in [0.15, 0.2) is 5.96 Å². The molecule has 1 aliphatic heterocycles. The smallest absolute Gasteiger partial charge is 0.233 e. The molecule has 2 heterocycles. The quantitative estimate of drug-likeness (QED) is 0.113. The van der Waals surface area contributed by atoms with Crippen LogP contribution in [0.4, 0.5) is 0 Å². The Balaban J connectivity index is 0.00000289. The number of carbonyl (C=O) groups is 2. The molecule has 2 N–H and O–H groups in total. The largest absolute Gasteiger partial charge is 0.357 e. The second-order valence-electron chi connectivity index (χ2n) is 8.71. The number of rotatable bonds is 10. The van der Waals surface area contributed by atoms with Crippen molar-refractivity contribution in [3.05, 3.63) is 28.2 Å². The number of allylic oxidation sites excluding steroid dienone is 2. The highest BCUT2D eigenvalue weighted by Gasteiger charge is 2.58. The number of nitrogens with zero attached hydrogens (tertiary/aromatic N) is 3. The first-order valence-electron chi connectivity index (χ1n) is 11.5. The van der Waals surface area contributed by atoms with Gasteiger partial charge in [-0.25, -0.2) is 4.98 Å². The zero-order valence-electron chi connectivity index (χ0n) is 18.9. The number of likely N-dealkylation sites (tertiary alicyclic amines) is 1. The molecule has 32 heavy (non-hydrogen) atoms. The minimum absolute atomic E-state index is 0. The van der Waals surface area contributed by atoms with E-state index >= 15 is 0 Å². The van der Waals surface area contributed by atoms with Crippen LogP contribution in [0.25, 0.3) is 0 Å². The molecule has 9 heteroatoms. The van der Waals surface area contributed by atoms with Crippen molar-refractivity contribution >= 4 is 53.1 Å². The molecular weight excluding hydrogens is 537 g/mol. The summed E-state index contributed by atoms with van der Waals surface area (Å²) in [4.78, 5) is 36.1. The van der Waals surface area contributed by atoms with Crippen molar-refractivity contribution in [2.75, 3.05) is 26.2 Å². The maximum Gasteiger partial charge on any atom is 0.233 e. The van der Waals surface area contributed by atoms with Crippen LogP contribution in [0, 0.1) is 30.6 Å². The van der Waals surface area contributed by atoms with Crippen LogP contribution < -0.4 is 10.6 Å². The van der Waals surface area contributed by atoms with Crippen molar-refractivity contribution in [2.24, 2.45) is 28.7 Å². The summed E-state index contributed by atoms with van der Waals surface area (Å²) in [6.45, 7) is 6.80. The molecule has 7 nitrogen and oxygen atoms in total. The van der Waals surface area contributed by atoms with Gasteiger partial charge in [-0.05, 0) is 57.8 Å². The lowest BCUT2D eigenvalue weighted by molar-refractivity contribution is -0.140. The predicted molar refractivity (Wildman–Crippen MR) is 138 cm³/mol. The number of aliphatic imine (C=N–C) groups is 1. The van der Waals surface area contributed by atoms with E-state index in [1.54, 1.807) is 11.3 Å². The molecule has 1 aromatic rings. The fourth-order valence-corrected chi connectivity index (χ4v) is 5.89. The fraction of sp³-hybridized carbons (Fsp3) is 0.652. The van der Waals surface area contributed by atoms with Gasteiger partial charge in [0, 0.05) is 37.3 Å². The third kappa shape index (κ3) is 5.52. The van der Waals surface area contributed by atoms with E-state index < -0.39 is 0 Å². The van der Waals surface area contributed by atoms with Gasteiger partial charge in [0.1, 0.15) is 0 Å². The normalized spacial score (nSPS) is 25.9. The highest BCUT2D eigenvalue weighted by molar-refractivity contribution is 14.0. The van der Waals surface area contributed by atoms with Crippen LogP contribution in [0.2, 0.25) is 0 Å². The Morgan fingerprint density at radius 1 is 1.16 bits per heavy atom. The Morgan fingerprint density at radius 3 is 2.50 bits per heavy atom. The first-order valence-corrected chi connectivity index (χ1v) is 12.4. The van der Waals surface area contributed by atoms with Gasteiger partial charge in [-0.15, -0.1) is 35.3 Å². The molecule has 0 spiro atoms. The number of nitrogens with one attached hydrogen (secondary N) is 2. The van der Waals surface area contributed by atoms with E-state index in [0.717, 1.165) is 50.4 Å². The SMILES string of the molecule is CCNC(=NCCCN1C(=O)C2C3C=CC(C3)C2C1=O)NCCCCc1nc(C)cs1.I. The molecule has 4 rings (SSSR count). The topological polar surface area (TPSA) is 86.7 Å². The molecule has 1 saturated heterocycles. The number of hydrogen-bond donors (Lipinski definition) is 2. The Labute approximate surface area is 211 Å². The van der Waals surface area contributed by atoms with Crippen LogP contribution in [0.5, 0.6) is 0 Å². The summed E-state index contributed by atoms with van der Waals surface area (Å²) in [5.41, 5.74) is 1.10. The summed E-state index contributed by atoms with van der Waals surface area (Å²) in [5.74, 6) is 1.23. The number of hydrogen-bond acceptors (Lipinski definition) is 5. The maximum atomic E-state index is 12.7. The zero-order chi connectivity index (χ0) is 21.8. The summed E-state index contributed by atoms with van der Waals surface area (Å²) >= 11 is 1.73. The van der Waals surface area contributed by atoms with E-state index in [0.29, 0.717) is 19.5 Å². The molecule has 176 valence electrons. The Morgan fingerprint density at radius 2 is 1.88 bits per heavy atom. The van der Waals surface area contributed by atoms with E-state index in [-0.39, 0.29) is 59.5 Å². The number of thiazole rings is 1. The monoisotopic (exact) mass is 571 g/mol. The number of imide groups is 1. The van der Waals surface area contributed by atoms with E-state index in [1.807, 2.05) is 13.8 Å². The van der Waals surface area contributed by atoms with E-state index in [1.165, 1.54) is 9.91 Å². The number of carbonyl (C=O) groups excluding carboxylic acids is 2. The van der Waals surface area contributed by atoms with E-state index in [2.05, 4.69) is 38.1 Å². The Kier molecular flexibility index (Phi) is 9.10. The van der Waals surface area contributed by atoms with E-state index in [4.69, 9.17) is 0 Å². The Hall–Kier alpha value is -1.49. The van der Waals surface area contributed by atoms with Gasteiger partial charge in [-0.2, -0.15) is 0 Å². The lowest BCUT2D eigenvalue weighted by Gasteiger charge is -2.17. The molecule has 4 atom stereocenters. The molecule has 2 bridgehead atoms. The number of guanidine groups is 1. The van der Waals surface area contributed by atoms with Crippen LogP contribution >= 0.6 is 35.3 Å². The summed E-state index contributed by atoms with van der Waals surface area (Å²) in [6.07, 6.45) is 9.11. The molecular formula is C23H34IN5O2S. The average Bonchev–Trinajstić information content (AvgIpc) is 3.51. The zero-order valence-corrected chi connectivity index (χ0v) is 22.0. The van der Waals surface area contributed by atoms with Crippen LogP contribution in [0.15, 0.2) is 22.5 Å². The first kappa shape index (κ1) is 25.1. The lowest BCUT2D eigenvalue weighted by Crippen LogP contribution is -2.38. The molecule has 3 aliphatic rings. The molecule has 1 aromatic heterocycles. The molecule has 2 aliphatic carbocycles. The minimum Gasteiger partial charge on any atom is -0.357 e. The number of fused-ring (bicyclic) bond motifs is 5. The van der Waals surface area contributed by atoms with Gasteiger partial charge >= 0.3 is 0 Å². The van der Waals surface area contributed by atoms with Crippen LogP contribution in [0.1, 0.15) is 43.3 Å².